The Kier molecular flexibility index (Phi) is 7.83. The summed E-state index contributed by atoms with van der Waals surface area (Å²) in [7, 11) is 5.42. The van der Waals surface area contributed by atoms with Crippen LogP contribution in [0.25, 0.3) is 0 Å². The molecule has 2 aliphatic rings. The van der Waals surface area contributed by atoms with Gasteiger partial charge < -0.3 is 25.2 Å². The summed E-state index contributed by atoms with van der Waals surface area (Å²) >= 11 is 1.37. The van der Waals surface area contributed by atoms with Gasteiger partial charge in [0.25, 0.3) is 5.91 Å². The number of nitrogens with one attached hydrogen (secondary N) is 2. The van der Waals surface area contributed by atoms with Crippen LogP contribution in [0.2, 0.25) is 0 Å². The molecule has 1 aromatic heterocycles. The van der Waals surface area contributed by atoms with E-state index in [-0.39, 0.29) is 24.3 Å². The Balaban J connectivity index is 1.74. The third-order valence-electron chi connectivity index (χ3n) is 5.85. The summed E-state index contributed by atoms with van der Waals surface area (Å²) in [6, 6.07) is -0.991. The molecule has 1 aliphatic heterocycles. The Labute approximate surface area is 191 Å². The highest BCUT2D eigenvalue weighted by Crippen LogP contribution is 2.28. The van der Waals surface area contributed by atoms with E-state index in [4.69, 9.17) is 4.74 Å². The normalized spacial score (nSPS) is 23.1. The van der Waals surface area contributed by atoms with Crippen LogP contribution in [0, 0.1) is 5.92 Å². The number of carbonyl (C=O) groups excluding carboxylic acids is 4. The number of hydrogen-bond acceptors (Lipinski definition) is 8. The molecule has 3 amide bonds. The highest BCUT2D eigenvalue weighted by Gasteiger charge is 2.37. The average Bonchev–Trinajstić information content (AvgIpc) is 3.17. The number of nitrogens with zero attached hydrogens (tertiary/aromatic N) is 3. The van der Waals surface area contributed by atoms with E-state index in [0.29, 0.717) is 24.3 Å². The maximum absolute atomic E-state index is 13.0. The van der Waals surface area contributed by atoms with Crippen molar-refractivity contribution in [1.29, 1.82) is 0 Å². The molecule has 32 heavy (non-hydrogen) atoms. The van der Waals surface area contributed by atoms with Gasteiger partial charge >= 0.3 is 11.9 Å². The first-order valence-electron chi connectivity index (χ1n) is 10.9. The SMILES string of the molecule is CCOC(=O)C(=O)N[C@H]1CC[C@H](C(=O)N(C)C)C[C@@H]1NC(=O)c1nc2c(s1)CN(C)CC2. The monoisotopic (exact) mass is 465 g/mol. The summed E-state index contributed by atoms with van der Waals surface area (Å²) in [5.41, 5.74) is 0.953. The van der Waals surface area contributed by atoms with E-state index in [1.54, 1.807) is 21.0 Å². The van der Waals surface area contributed by atoms with Crippen LogP contribution in [-0.2, 0) is 32.1 Å². The van der Waals surface area contributed by atoms with Crippen LogP contribution < -0.4 is 10.6 Å². The van der Waals surface area contributed by atoms with E-state index in [1.165, 1.54) is 16.2 Å². The van der Waals surface area contributed by atoms with Crippen molar-refractivity contribution in [3.63, 3.8) is 0 Å². The van der Waals surface area contributed by atoms with Crippen LogP contribution in [0.3, 0.4) is 0 Å². The van der Waals surface area contributed by atoms with Gasteiger partial charge in [-0.1, -0.05) is 0 Å². The van der Waals surface area contributed by atoms with E-state index in [0.717, 1.165) is 30.1 Å². The molecule has 176 valence electrons. The molecule has 1 aliphatic carbocycles. The number of fused-ring (bicyclic) bond motifs is 1. The molecule has 0 radical (unpaired) electrons. The number of rotatable bonds is 5. The molecule has 0 aromatic carbocycles. The number of aromatic nitrogens is 1. The maximum Gasteiger partial charge on any atom is 0.396 e. The third kappa shape index (κ3) is 5.63. The van der Waals surface area contributed by atoms with Crippen LogP contribution in [0.4, 0.5) is 0 Å². The van der Waals surface area contributed by atoms with Gasteiger partial charge in [0.2, 0.25) is 5.91 Å². The average molecular weight is 466 g/mol. The molecule has 11 heteroatoms. The number of hydrogen-bond donors (Lipinski definition) is 2. The molecule has 0 spiro atoms. The Morgan fingerprint density at radius 1 is 1.19 bits per heavy atom. The zero-order valence-electron chi connectivity index (χ0n) is 19.0. The van der Waals surface area contributed by atoms with Crippen LogP contribution in [0.5, 0.6) is 0 Å². The fraction of sp³-hybridized carbons (Fsp3) is 0.667. The Bertz CT molecular complexity index is 886. The number of esters is 1. The molecule has 3 rings (SSSR count). The molecule has 0 bridgehead atoms. The second-order valence-corrected chi connectivity index (χ2v) is 9.58. The Morgan fingerprint density at radius 3 is 2.62 bits per heavy atom. The van der Waals surface area contributed by atoms with Gasteiger partial charge in [-0.25, -0.2) is 9.78 Å². The van der Waals surface area contributed by atoms with E-state index in [2.05, 4.69) is 20.5 Å². The van der Waals surface area contributed by atoms with Gasteiger partial charge in [-0.3, -0.25) is 14.4 Å². The first-order valence-corrected chi connectivity index (χ1v) is 11.7. The van der Waals surface area contributed by atoms with Crippen molar-refractivity contribution < 1.29 is 23.9 Å². The Hall–Kier alpha value is -2.53. The lowest BCUT2D eigenvalue weighted by Crippen LogP contribution is -2.57. The second kappa shape index (κ2) is 10.4. The largest absolute Gasteiger partial charge is 0.459 e. The summed E-state index contributed by atoms with van der Waals surface area (Å²) < 4.78 is 4.77. The van der Waals surface area contributed by atoms with Gasteiger partial charge in [0.1, 0.15) is 0 Å². The van der Waals surface area contributed by atoms with Crippen LogP contribution in [0.15, 0.2) is 0 Å². The summed E-state index contributed by atoms with van der Waals surface area (Å²) in [6.45, 7) is 3.39. The van der Waals surface area contributed by atoms with Crippen molar-refractivity contribution in [2.45, 2.75) is 51.2 Å². The fourth-order valence-corrected chi connectivity index (χ4v) is 5.26. The molecular formula is C21H31N5O5S. The molecule has 0 saturated heterocycles. The number of carbonyl (C=O) groups is 4. The second-order valence-electron chi connectivity index (χ2n) is 8.50. The topological polar surface area (TPSA) is 121 Å². The zero-order valence-corrected chi connectivity index (χ0v) is 19.8. The summed E-state index contributed by atoms with van der Waals surface area (Å²) in [5.74, 6) is -2.43. The van der Waals surface area contributed by atoms with Crippen LogP contribution in [-0.4, -0.2) is 84.9 Å². The lowest BCUT2D eigenvalue weighted by Gasteiger charge is -2.36. The highest BCUT2D eigenvalue weighted by molar-refractivity contribution is 7.13. The molecule has 1 fully saturated rings. The van der Waals surface area contributed by atoms with E-state index >= 15 is 0 Å². The van der Waals surface area contributed by atoms with E-state index in [9.17, 15) is 19.2 Å². The minimum Gasteiger partial charge on any atom is -0.459 e. The number of likely N-dealkylation sites (N-methyl/N-ethyl adjacent to an activating group) is 1. The summed E-state index contributed by atoms with van der Waals surface area (Å²) in [6.07, 6.45) is 2.18. The molecule has 1 aromatic rings. The first kappa shape index (κ1) is 24.1. The standard InChI is InChI=1S/C21H31N5O5S/c1-5-31-21(30)18(28)22-13-7-6-12(20(29)25(2)3)10-15(13)23-17(27)19-24-14-8-9-26(4)11-16(14)32-19/h12-13,15H,5-11H2,1-4H3,(H,22,28)(H,23,27)/t12-,13-,15-/m0/s1. The summed E-state index contributed by atoms with van der Waals surface area (Å²) in [5, 5.41) is 6.02. The lowest BCUT2D eigenvalue weighted by molar-refractivity contribution is -0.155. The molecule has 2 N–H and O–H groups in total. The van der Waals surface area contributed by atoms with E-state index in [1.807, 2.05) is 7.05 Å². The molecular weight excluding hydrogens is 434 g/mol. The quantitative estimate of drug-likeness (QED) is 0.470. The van der Waals surface area contributed by atoms with Crippen LogP contribution in [0.1, 0.15) is 46.6 Å². The lowest BCUT2D eigenvalue weighted by atomic mass is 9.81. The predicted octanol–water partition coefficient (Wildman–Crippen LogP) is 0.166. The zero-order chi connectivity index (χ0) is 23.4. The summed E-state index contributed by atoms with van der Waals surface area (Å²) in [4.78, 5) is 58.8. The third-order valence-corrected chi connectivity index (χ3v) is 6.93. The minimum atomic E-state index is -0.958. The van der Waals surface area contributed by atoms with Gasteiger partial charge in [-0.05, 0) is 33.2 Å². The number of amides is 3. The smallest absolute Gasteiger partial charge is 0.396 e. The molecule has 3 atom stereocenters. The van der Waals surface area contributed by atoms with Crippen molar-refractivity contribution in [2.24, 2.45) is 5.92 Å². The fourth-order valence-electron chi connectivity index (χ4n) is 4.17. The molecule has 0 unspecified atom stereocenters. The van der Waals surface area contributed by atoms with Gasteiger partial charge in [-0.2, -0.15) is 0 Å². The van der Waals surface area contributed by atoms with Gasteiger partial charge in [0.05, 0.1) is 18.3 Å². The van der Waals surface area contributed by atoms with Gasteiger partial charge in [0.15, 0.2) is 5.01 Å². The first-order chi connectivity index (χ1) is 15.2. The number of ether oxygens (including phenoxy) is 1. The highest BCUT2D eigenvalue weighted by atomic mass is 32.1. The maximum atomic E-state index is 13.0. The predicted molar refractivity (Wildman–Crippen MR) is 118 cm³/mol. The number of thiazole rings is 1. The van der Waals surface area contributed by atoms with Crippen molar-refractivity contribution >= 4 is 35.0 Å². The molecule has 2 heterocycles. The van der Waals surface area contributed by atoms with Crippen LogP contribution >= 0.6 is 11.3 Å². The molecule has 1 saturated carbocycles. The van der Waals surface area contributed by atoms with Crippen molar-refractivity contribution in [2.75, 3.05) is 34.3 Å². The minimum absolute atomic E-state index is 0.0211. The van der Waals surface area contributed by atoms with Crippen molar-refractivity contribution in [3.8, 4) is 0 Å². The van der Waals surface area contributed by atoms with Gasteiger partial charge in [-0.15, -0.1) is 11.3 Å². The van der Waals surface area contributed by atoms with E-state index < -0.39 is 24.0 Å². The Morgan fingerprint density at radius 2 is 1.94 bits per heavy atom. The van der Waals surface area contributed by atoms with Gasteiger partial charge in [0, 0.05) is 50.4 Å². The molecule has 10 nitrogen and oxygen atoms in total. The van der Waals surface area contributed by atoms with Crippen molar-refractivity contribution in [3.05, 3.63) is 15.6 Å². The van der Waals surface area contributed by atoms with Crippen molar-refractivity contribution in [1.82, 2.24) is 25.4 Å².